The first-order chi connectivity index (χ1) is 6.38. The van der Waals surface area contributed by atoms with Crippen molar-refractivity contribution in [3.63, 3.8) is 0 Å². The molecule has 1 rings (SSSR count). The highest BCUT2D eigenvalue weighted by Gasteiger charge is 2.34. The Hall–Kier alpha value is 0.0700. The quantitative estimate of drug-likeness (QED) is 0.650. The fourth-order valence-electron chi connectivity index (χ4n) is 0.912. The highest BCUT2D eigenvalue weighted by molar-refractivity contribution is 9.10. The van der Waals surface area contributed by atoms with Gasteiger partial charge in [0.25, 0.3) is 0 Å². The molecule has 0 amide bonds. The summed E-state index contributed by atoms with van der Waals surface area (Å²) in [4.78, 5) is 0. The molecule has 0 bridgehead atoms. The van der Waals surface area contributed by atoms with Crippen LogP contribution in [0.15, 0.2) is 16.6 Å². The molecule has 0 spiro atoms. The Morgan fingerprint density at radius 3 is 2.29 bits per heavy atom. The summed E-state index contributed by atoms with van der Waals surface area (Å²) in [5.41, 5.74) is -0.329. The van der Waals surface area contributed by atoms with E-state index in [2.05, 4.69) is 15.9 Å². The van der Waals surface area contributed by atoms with Crippen molar-refractivity contribution in [2.24, 2.45) is 0 Å². The Balaban J connectivity index is 3.31. The van der Waals surface area contributed by atoms with Gasteiger partial charge in [0.1, 0.15) is 0 Å². The third-order valence-electron chi connectivity index (χ3n) is 1.61. The average molecular weight is 308 g/mol. The second kappa shape index (κ2) is 4.29. The van der Waals surface area contributed by atoms with Crippen molar-refractivity contribution in [3.8, 4) is 0 Å². The molecule has 0 atom stereocenters. The van der Waals surface area contributed by atoms with Crippen LogP contribution in [0.1, 0.15) is 11.1 Å². The lowest BCUT2D eigenvalue weighted by Crippen LogP contribution is -2.06. The van der Waals surface area contributed by atoms with Gasteiger partial charge in [0, 0.05) is 10.4 Å². The molecule has 14 heavy (non-hydrogen) atoms. The van der Waals surface area contributed by atoms with E-state index in [1.165, 1.54) is 6.07 Å². The number of rotatable bonds is 1. The Morgan fingerprint density at radius 2 is 1.86 bits per heavy atom. The molecule has 0 radical (unpaired) electrons. The molecule has 6 heteroatoms. The molecule has 0 unspecified atom stereocenters. The minimum absolute atomic E-state index is 0.00910. The van der Waals surface area contributed by atoms with E-state index >= 15 is 0 Å². The predicted molar refractivity (Wildman–Crippen MR) is 53.7 cm³/mol. The Bertz CT molecular complexity index is 349. The van der Waals surface area contributed by atoms with E-state index in [1.54, 1.807) is 0 Å². The first-order valence-corrected chi connectivity index (χ1v) is 5.18. The average Bonchev–Trinajstić information content (AvgIpc) is 2.07. The lowest BCUT2D eigenvalue weighted by atomic mass is 10.1. The van der Waals surface area contributed by atoms with E-state index in [0.29, 0.717) is 5.56 Å². The minimum atomic E-state index is -4.41. The molecular weight excluding hydrogens is 304 g/mol. The maximum absolute atomic E-state index is 12.3. The Morgan fingerprint density at radius 1 is 1.29 bits per heavy atom. The van der Waals surface area contributed by atoms with Gasteiger partial charge in [0.05, 0.1) is 10.6 Å². The van der Waals surface area contributed by atoms with Crippen molar-refractivity contribution in [1.82, 2.24) is 0 Å². The van der Waals surface area contributed by atoms with Crippen LogP contribution in [-0.2, 0) is 12.1 Å². The summed E-state index contributed by atoms with van der Waals surface area (Å²) in [6, 6.07) is 2.22. The molecule has 0 aliphatic heterocycles. The smallest absolute Gasteiger partial charge is 0.166 e. The van der Waals surface area contributed by atoms with Crippen molar-refractivity contribution in [3.05, 3.63) is 32.8 Å². The number of halogens is 6. The van der Waals surface area contributed by atoms with Crippen LogP contribution < -0.4 is 0 Å². The van der Waals surface area contributed by atoms with Crippen molar-refractivity contribution >= 4 is 39.1 Å². The van der Waals surface area contributed by atoms with E-state index in [0.717, 1.165) is 6.07 Å². The molecule has 0 aliphatic rings. The highest BCUT2D eigenvalue weighted by Crippen LogP contribution is 2.39. The molecule has 0 fully saturated rings. The van der Waals surface area contributed by atoms with Gasteiger partial charge in [-0.05, 0) is 27.6 Å². The fourth-order valence-corrected chi connectivity index (χ4v) is 2.05. The maximum atomic E-state index is 12.3. The summed E-state index contributed by atoms with van der Waals surface area (Å²) in [6.45, 7) is 0. The molecule has 0 aromatic heterocycles. The normalized spacial score (nSPS) is 11.9. The van der Waals surface area contributed by atoms with Gasteiger partial charge < -0.3 is 0 Å². The largest absolute Gasteiger partial charge is 0.417 e. The first-order valence-electron chi connectivity index (χ1n) is 3.48. The lowest BCUT2D eigenvalue weighted by Gasteiger charge is -2.11. The lowest BCUT2D eigenvalue weighted by molar-refractivity contribution is -0.138. The Labute approximate surface area is 97.1 Å². The van der Waals surface area contributed by atoms with Crippen LogP contribution in [0, 0.1) is 0 Å². The predicted octanol–water partition coefficient (Wildman–Crippen LogP) is 4.86. The summed E-state index contributed by atoms with van der Waals surface area (Å²) in [6.07, 6.45) is -4.41. The maximum Gasteiger partial charge on any atom is 0.417 e. The molecule has 0 aliphatic carbocycles. The zero-order valence-electron chi connectivity index (χ0n) is 6.63. The van der Waals surface area contributed by atoms with Gasteiger partial charge >= 0.3 is 6.18 Å². The topological polar surface area (TPSA) is 0 Å². The fraction of sp³-hybridized carbons (Fsp3) is 0.250. The molecule has 0 saturated heterocycles. The summed E-state index contributed by atoms with van der Waals surface area (Å²) in [5.74, 6) is 0.0789. The van der Waals surface area contributed by atoms with Gasteiger partial charge in [0.15, 0.2) is 0 Å². The number of hydrogen-bond acceptors (Lipinski definition) is 0. The van der Waals surface area contributed by atoms with Crippen LogP contribution in [0.5, 0.6) is 0 Å². The third-order valence-corrected chi connectivity index (χ3v) is 3.38. The van der Waals surface area contributed by atoms with Crippen molar-refractivity contribution in [2.45, 2.75) is 12.1 Å². The molecule has 0 N–H and O–H groups in total. The van der Waals surface area contributed by atoms with Crippen molar-refractivity contribution in [2.75, 3.05) is 0 Å². The molecule has 1 aromatic carbocycles. The first kappa shape index (κ1) is 12.1. The second-order valence-electron chi connectivity index (χ2n) is 2.53. The molecule has 0 heterocycles. The summed E-state index contributed by atoms with van der Waals surface area (Å²) < 4.78 is 36.9. The highest BCUT2D eigenvalue weighted by atomic mass is 79.9. The van der Waals surface area contributed by atoms with Gasteiger partial charge in [-0.1, -0.05) is 17.7 Å². The minimum Gasteiger partial charge on any atom is -0.166 e. The van der Waals surface area contributed by atoms with Crippen LogP contribution in [0.25, 0.3) is 0 Å². The van der Waals surface area contributed by atoms with Crippen LogP contribution in [0.4, 0.5) is 13.2 Å². The standard InChI is InChI=1S/C8H4BrCl2F3/c9-6-5(8(12,13)14)2-1-4(3-10)7(6)11/h1-2H,3H2. The van der Waals surface area contributed by atoms with Crippen LogP contribution in [0.2, 0.25) is 5.02 Å². The van der Waals surface area contributed by atoms with E-state index in [9.17, 15) is 13.2 Å². The molecule has 0 nitrogen and oxygen atoms in total. The van der Waals surface area contributed by atoms with E-state index in [1.807, 2.05) is 0 Å². The van der Waals surface area contributed by atoms with E-state index in [-0.39, 0.29) is 15.4 Å². The van der Waals surface area contributed by atoms with Gasteiger partial charge in [-0.25, -0.2) is 0 Å². The number of alkyl halides is 4. The molecule has 0 saturated carbocycles. The van der Waals surface area contributed by atoms with Gasteiger partial charge in [-0.3, -0.25) is 0 Å². The van der Waals surface area contributed by atoms with E-state index < -0.39 is 11.7 Å². The van der Waals surface area contributed by atoms with E-state index in [4.69, 9.17) is 23.2 Å². The monoisotopic (exact) mass is 306 g/mol. The van der Waals surface area contributed by atoms with Gasteiger partial charge in [-0.2, -0.15) is 13.2 Å². The van der Waals surface area contributed by atoms with Crippen LogP contribution >= 0.6 is 39.1 Å². The molecular formula is C8H4BrCl2F3. The molecule has 1 aromatic rings. The molecule has 78 valence electrons. The summed E-state index contributed by atoms with van der Waals surface area (Å²) >= 11 is 14.0. The van der Waals surface area contributed by atoms with Crippen molar-refractivity contribution in [1.29, 1.82) is 0 Å². The van der Waals surface area contributed by atoms with Crippen LogP contribution in [-0.4, -0.2) is 0 Å². The third kappa shape index (κ3) is 2.35. The summed E-state index contributed by atoms with van der Waals surface area (Å²) in [7, 11) is 0. The van der Waals surface area contributed by atoms with Gasteiger partial charge in [0.2, 0.25) is 0 Å². The Kier molecular flexibility index (Phi) is 3.72. The number of hydrogen-bond donors (Lipinski definition) is 0. The van der Waals surface area contributed by atoms with Gasteiger partial charge in [-0.15, -0.1) is 11.6 Å². The second-order valence-corrected chi connectivity index (χ2v) is 3.97. The number of benzene rings is 1. The SMILES string of the molecule is FC(F)(F)c1ccc(CCl)c(Cl)c1Br. The zero-order chi connectivity index (χ0) is 10.9. The van der Waals surface area contributed by atoms with Crippen LogP contribution in [0.3, 0.4) is 0 Å². The summed E-state index contributed by atoms with van der Waals surface area (Å²) in [5, 5.41) is 0.00910. The zero-order valence-corrected chi connectivity index (χ0v) is 9.73. The van der Waals surface area contributed by atoms with Crippen molar-refractivity contribution < 1.29 is 13.2 Å².